The van der Waals surface area contributed by atoms with E-state index in [4.69, 9.17) is 5.26 Å². The van der Waals surface area contributed by atoms with Crippen molar-refractivity contribution in [3.05, 3.63) is 23.4 Å². The van der Waals surface area contributed by atoms with Crippen molar-refractivity contribution >= 4 is 5.82 Å². The minimum Gasteiger partial charge on any atom is -0.364 e. The van der Waals surface area contributed by atoms with E-state index in [-0.39, 0.29) is 5.54 Å². The number of aromatic nitrogens is 1. The standard InChI is InChI=1S/C11H15N3/c1-8-5-6-13-10(9(8)7-12)14-11(2,3)4/h5-6H,1-4H3,(H,13,14). The van der Waals surface area contributed by atoms with Gasteiger partial charge in [-0.05, 0) is 39.3 Å². The molecule has 0 saturated carbocycles. The van der Waals surface area contributed by atoms with Crippen molar-refractivity contribution in [1.29, 1.82) is 5.26 Å². The van der Waals surface area contributed by atoms with Crippen molar-refractivity contribution in [1.82, 2.24) is 4.98 Å². The van der Waals surface area contributed by atoms with Crippen molar-refractivity contribution in [2.45, 2.75) is 33.2 Å². The fourth-order valence-electron chi connectivity index (χ4n) is 1.15. The monoisotopic (exact) mass is 189 g/mol. The van der Waals surface area contributed by atoms with Gasteiger partial charge in [0.1, 0.15) is 11.9 Å². The van der Waals surface area contributed by atoms with Crippen LogP contribution in [0.1, 0.15) is 31.9 Å². The summed E-state index contributed by atoms with van der Waals surface area (Å²) in [6.07, 6.45) is 1.71. The number of hydrogen-bond donors (Lipinski definition) is 1. The molecule has 0 radical (unpaired) electrons. The van der Waals surface area contributed by atoms with Gasteiger partial charge in [0.15, 0.2) is 0 Å². The van der Waals surface area contributed by atoms with Crippen LogP contribution in [0.25, 0.3) is 0 Å². The SMILES string of the molecule is Cc1ccnc(NC(C)(C)C)c1C#N. The third-order valence-electron chi connectivity index (χ3n) is 1.76. The quantitative estimate of drug-likeness (QED) is 0.738. The average Bonchev–Trinajstić information content (AvgIpc) is 2.01. The minimum atomic E-state index is -0.0770. The number of nitrogens with zero attached hydrogens (tertiary/aromatic N) is 2. The van der Waals surface area contributed by atoms with Gasteiger partial charge in [-0.1, -0.05) is 0 Å². The Bertz CT molecular complexity index is 369. The molecule has 1 aromatic rings. The van der Waals surface area contributed by atoms with Crippen LogP contribution in [-0.2, 0) is 0 Å². The van der Waals surface area contributed by atoms with Crippen LogP contribution in [-0.4, -0.2) is 10.5 Å². The molecule has 0 spiro atoms. The van der Waals surface area contributed by atoms with Gasteiger partial charge in [0.05, 0.1) is 5.56 Å². The average molecular weight is 189 g/mol. The highest BCUT2D eigenvalue weighted by Crippen LogP contribution is 2.18. The molecule has 0 amide bonds. The van der Waals surface area contributed by atoms with Gasteiger partial charge in [-0.3, -0.25) is 0 Å². The van der Waals surface area contributed by atoms with Crippen molar-refractivity contribution < 1.29 is 0 Å². The normalized spacial score (nSPS) is 10.8. The summed E-state index contributed by atoms with van der Waals surface area (Å²) in [5, 5.41) is 12.2. The highest BCUT2D eigenvalue weighted by molar-refractivity contribution is 5.56. The van der Waals surface area contributed by atoms with Crippen molar-refractivity contribution in [2.24, 2.45) is 0 Å². The zero-order valence-corrected chi connectivity index (χ0v) is 9.05. The molecule has 0 unspecified atom stereocenters. The third-order valence-corrected chi connectivity index (χ3v) is 1.76. The van der Waals surface area contributed by atoms with Crippen molar-refractivity contribution in [3.63, 3.8) is 0 Å². The summed E-state index contributed by atoms with van der Waals surface area (Å²) in [5.41, 5.74) is 1.50. The Kier molecular flexibility index (Phi) is 2.76. The molecule has 0 fully saturated rings. The Morgan fingerprint density at radius 1 is 1.43 bits per heavy atom. The van der Waals surface area contributed by atoms with E-state index in [0.717, 1.165) is 5.56 Å². The number of hydrogen-bond acceptors (Lipinski definition) is 3. The molecule has 0 bridgehead atoms. The smallest absolute Gasteiger partial charge is 0.144 e. The molecule has 0 saturated heterocycles. The second kappa shape index (κ2) is 3.67. The van der Waals surface area contributed by atoms with Crippen LogP contribution in [0, 0.1) is 18.3 Å². The summed E-state index contributed by atoms with van der Waals surface area (Å²) in [4.78, 5) is 4.16. The van der Waals surface area contributed by atoms with Crippen LogP contribution in [0.3, 0.4) is 0 Å². The van der Waals surface area contributed by atoms with E-state index in [2.05, 4.69) is 16.4 Å². The zero-order chi connectivity index (χ0) is 10.8. The first kappa shape index (κ1) is 10.5. The first-order chi connectivity index (χ1) is 6.44. The van der Waals surface area contributed by atoms with Gasteiger partial charge in [0.25, 0.3) is 0 Å². The fourth-order valence-corrected chi connectivity index (χ4v) is 1.15. The van der Waals surface area contributed by atoms with Crippen LogP contribution in [0.5, 0.6) is 0 Å². The molecule has 1 N–H and O–H groups in total. The van der Waals surface area contributed by atoms with Crippen LogP contribution >= 0.6 is 0 Å². The Balaban J connectivity index is 3.10. The molecular formula is C11H15N3. The largest absolute Gasteiger partial charge is 0.364 e. The molecule has 1 aromatic heterocycles. The molecular weight excluding hydrogens is 174 g/mol. The summed E-state index contributed by atoms with van der Waals surface area (Å²) in [6, 6.07) is 4.00. The van der Waals surface area contributed by atoms with Crippen molar-refractivity contribution in [2.75, 3.05) is 5.32 Å². The maximum absolute atomic E-state index is 8.97. The van der Waals surface area contributed by atoms with Crippen LogP contribution < -0.4 is 5.32 Å². The fraction of sp³-hybridized carbons (Fsp3) is 0.455. The molecule has 14 heavy (non-hydrogen) atoms. The predicted molar refractivity (Wildman–Crippen MR) is 57.1 cm³/mol. The molecule has 74 valence electrons. The Morgan fingerprint density at radius 3 is 2.57 bits per heavy atom. The Morgan fingerprint density at radius 2 is 2.07 bits per heavy atom. The summed E-state index contributed by atoms with van der Waals surface area (Å²) in [7, 11) is 0. The number of nitriles is 1. The molecule has 3 nitrogen and oxygen atoms in total. The lowest BCUT2D eigenvalue weighted by Crippen LogP contribution is -2.27. The van der Waals surface area contributed by atoms with Crippen LogP contribution in [0.2, 0.25) is 0 Å². The van der Waals surface area contributed by atoms with Gasteiger partial charge < -0.3 is 5.32 Å². The van der Waals surface area contributed by atoms with Gasteiger partial charge in [-0.15, -0.1) is 0 Å². The molecule has 0 aliphatic rings. The first-order valence-electron chi connectivity index (χ1n) is 4.58. The van der Waals surface area contributed by atoms with Gasteiger partial charge in [-0.25, -0.2) is 4.98 Å². The summed E-state index contributed by atoms with van der Waals surface area (Å²) in [5.74, 6) is 0.667. The lowest BCUT2D eigenvalue weighted by Gasteiger charge is -2.22. The van der Waals surface area contributed by atoms with Crippen molar-refractivity contribution in [3.8, 4) is 6.07 Å². The molecule has 0 atom stereocenters. The molecule has 0 aliphatic carbocycles. The predicted octanol–water partition coefficient (Wildman–Crippen LogP) is 2.47. The van der Waals surface area contributed by atoms with Gasteiger partial charge in [0, 0.05) is 11.7 Å². The lowest BCUT2D eigenvalue weighted by molar-refractivity contribution is 0.630. The molecule has 0 aromatic carbocycles. The van der Waals surface area contributed by atoms with Gasteiger partial charge in [0.2, 0.25) is 0 Å². The molecule has 0 aliphatic heterocycles. The van der Waals surface area contributed by atoms with E-state index in [1.165, 1.54) is 0 Å². The maximum atomic E-state index is 8.97. The van der Waals surface area contributed by atoms with Gasteiger partial charge in [-0.2, -0.15) is 5.26 Å². The highest BCUT2D eigenvalue weighted by atomic mass is 15.0. The number of nitrogens with one attached hydrogen (secondary N) is 1. The van der Waals surface area contributed by atoms with E-state index in [1.54, 1.807) is 6.20 Å². The molecule has 1 heterocycles. The first-order valence-corrected chi connectivity index (χ1v) is 4.58. The minimum absolute atomic E-state index is 0.0770. The maximum Gasteiger partial charge on any atom is 0.144 e. The highest BCUT2D eigenvalue weighted by Gasteiger charge is 2.14. The number of aryl methyl sites for hydroxylation is 1. The lowest BCUT2D eigenvalue weighted by atomic mass is 10.1. The van der Waals surface area contributed by atoms with Crippen LogP contribution in [0.4, 0.5) is 5.82 Å². The molecule has 3 heteroatoms. The third kappa shape index (κ3) is 2.46. The van der Waals surface area contributed by atoms with E-state index >= 15 is 0 Å². The Hall–Kier alpha value is -1.56. The number of rotatable bonds is 1. The van der Waals surface area contributed by atoms with Gasteiger partial charge >= 0.3 is 0 Å². The van der Waals surface area contributed by atoms with E-state index < -0.39 is 0 Å². The second-order valence-electron chi connectivity index (χ2n) is 4.34. The van der Waals surface area contributed by atoms with E-state index in [0.29, 0.717) is 11.4 Å². The Labute approximate surface area is 84.8 Å². The van der Waals surface area contributed by atoms with Crippen LogP contribution in [0.15, 0.2) is 12.3 Å². The molecule has 1 rings (SSSR count). The summed E-state index contributed by atoms with van der Waals surface area (Å²) >= 11 is 0. The zero-order valence-electron chi connectivity index (χ0n) is 9.05. The number of anilines is 1. The second-order valence-corrected chi connectivity index (χ2v) is 4.34. The number of pyridine rings is 1. The van der Waals surface area contributed by atoms with E-state index in [9.17, 15) is 0 Å². The topological polar surface area (TPSA) is 48.7 Å². The van der Waals surface area contributed by atoms with E-state index in [1.807, 2.05) is 33.8 Å². The summed E-state index contributed by atoms with van der Waals surface area (Å²) in [6.45, 7) is 8.03. The summed E-state index contributed by atoms with van der Waals surface area (Å²) < 4.78 is 0.